The molecule has 0 atom stereocenters. The number of methoxy groups -OCH3 is 1. The lowest BCUT2D eigenvalue weighted by molar-refractivity contribution is -0.141. The number of ether oxygens (including phenoxy) is 1. The molecule has 0 unspecified atom stereocenters. The van der Waals surface area contributed by atoms with Crippen molar-refractivity contribution in [3.63, 3.8) is 0 Å². The maximum Gasteiger partial charge on any atom is 0.433 e. The first-order valence-electron chi connectivity index (χ1n) is 6.14. The number of nitrogens with zero attached hydrogens (tertiary/aromatic N) is 3. The molecular formula is C13H13F3N4O. The summed E-state index contributed by atoms with van der Waals surface area (Å²) in [6, 6.07) is 4.03. The van der Waals surface area contributed by atoms with Crippen LogP contribution in [-0.2, 0) is 6.18 Å². The van der Waals surface area contributed by atoms with Gasteiger partial charge in [0.15, 0.2) is 5.69 Å². The first kappa shape index (κ1) is 15.0. The monoisotopic (exact) mass is 298 g/mol. The van der Waals surface area contributed by atoms with Crippen LogP contribution in [0.15, 0.2) is 24.4 Å². The molecule has 1 N–H and O–H groups in total. The third-order valence-corrected chi connectivity index (χ3v) is 2.59. The summed E-state index contributed by atoms with van der Waals surface area (Å²) < 4.78 is 43.5. The molecule has 2 rings (SSSR count). The Kier molecular flexibility index (Phi) is 4.25. The fourth-order valence-electron chi connectivity index (χ4n) is 1.63. The molecular weight excluding hydrogens is 285 g/mol. The summed E-state index contributed by atoms with van der Waals surface area (Å²) in [6.45, 7) is 2.17. The van der Waals surface area contributed by atoms with Crippen molar-refractivity contribution in [2.75, 3.05) is 19.0 Å². The Hall–Kier alpha value is -2.38. The van der Waals surface area contributed by atoms with E-state index in [-0.39, 0.29) is 11.6 Å². The predicted molar refractivity (Wildman–Crippen MR) is 71.0 cm³/mol. The summed E-state index contributed by atoms with van der Waals surface area (Å²) in [7, 11) is 1.46. The molecule has 2 aromatic heterocycles. The molecule has 21 heavy (non-hydrogen) atoms. The van der Waals surface area contributed by atoms with Gasteiger partial charge in [0, 0.05) is 24.4 Å². The van der Waals surface area contributed by atoms with Crippen molar-refractivity contribution in [1.29, 1.82) is 0 Å². The highest BCUT2D eigenvalue weighted by molar-refractivity contribution is 5.60. The molecule has 0 fully saturated rings. The van der Waals surface area contributed by atoms with E-state index in [0.29, 0.717) is 18.0 Å². The average Bonchev–Trinajstić information content (AvgIpc) is 2.46. The summed E-state index contributed by atoms with van der Waals surface area (Å²) in [6.07, 6.45) is -3.14. The van der Waals surface area contributed by atoms with Crippen LogP contribution >= 0.6 is 0 Å². The summed E-state index contributed by atoms with van der Waals surface area (Å²) >= 11 is 0. The van der Waals surface area contributed by atoms with Gasteiger partial charge < -0.3 is 10.1 Å². The van der Waals surface area contributed by atoms with Crippen LogP contribution in [0.25, 0.3) is 11.3 Å². The molecule has 0 aliphatic rings. The van der Waals surface area contributed by atoms with Gasteiger partial charge >= 0.3 is 6.18 Å². The van der Waals surface area contributed by atoms with Gasteiger partial charge in [0.2, 0.25) is 11.8 Å². The second-order valence-corrected chi connectivity index (χ2v) is 4.08. The molecule has 5 nitrogen and oxygen atoms in total. The molecule has 0 bridgehead atoms. The second-order valence-electron chi connectivity index (χ2n) is 4.08. The van der Waals surface area contributed by atoms with Crippen LogP contribution in [0.2, 0.25) is 0 Å². The number of alkyl halides is 3. The van der Waals surface area contributed by atoms with Crippen molar-refractivity contribution in [1.82, 2.24) is 15.0 Å². The largest absolute Gasteiger partial charge is 0.481 e. The normalized spacial score (nSPS) is 11.3. The third-order valence-electron chi connectivity index (χ3n) is 2.59. The Labute approximate surface area is 119 Å². The highest BCUT2D eigenvalue weighted by Crippen LogP contribution is 2.31. The highest BCUT2D eigenvalue weighted by Gasteiger charge is 2.33. The Morgan fingerprint density at radius 3 is 2.52 bits per heavy atom. The number of pyridine rings is 1. The van der Waals surface area contributed by atoms with Crippen molar-refractivity contribution >= 4 is 5.95 Å². The Balaban J connectivity index is 2.48. The molecule has 0 saturated carbocycles. The Morgan fingerprint density at radius 2 is 2.00 bits per heavy atom. The third kappa shape index (κ3) is 3.59. The van der Waals surface area contributed by atoms with Gasteiger partial charge in [0.25, 0.3) is 0 Å². The maximum atomic E-state index is 12.9. The molecule has 0 saturated heterocycles. The fraction of sp³-hybridized carbons (Fsp3) is 0.308. The van der Waals surface area contributed by atoms with E-state index in [9.17, 15) is 13.2 Å². The van der Waals surface area contributed by atoms with Gasteiger partial charge in [-0.25, -0.2) is 15.0 Å². The molecule has 0 amide bonds. The van der Waals surface area contributed by atoms with Crippen LogP contribution in [-0.4, -0.2) is 28.6 Å². The van der Waals surface area contributed by atoms with Gasteiger partial charge in [-0.1, -0.05) is 0 Å². The first-order valence-corrected chi connectivity index (χ1v) is 6.14. The summed E-state index contributed by atoms with van der Waals surface area (Å²) in [4.78, 5) is 11.5. The summed E-state index contributed by atoms with van der Waals surface area (Å²) in [5.74, 6) is 0.300. The zero-order valence-corrected chi connectivity index (χ0v) is 11.4. The molecule has 112 valence electrons. The predicted octanol–water partition coefficient (Wildman–Crippen LogP) is 3.00. The van der Waals surface area contributed by atoms with E-state index in [0.717, 1.165) is 6.07 Å². The average molecular weight is 298 g/mol. The molecule has 8 heteroatoms. The molecule has 0 radical (unpaired) electrons. The number of halogens is 3. The van der Waals surface area contributed by atoms with Crippen molar-refractivity contribution in [3.8, 4) is 17.1 Å². The zero-order valence-electron chi connectivity index (χ0n) is 11.4. The van der Waals surface area contributed by atoms with Crippen molar-refractivity contribution in [2.45, 2.75) is 13.1 Å². The number of anilines is 1. The first-order chi connectivity index (χ1) is 9.94. The van der Waals surface area contributed by atoms with Gasteiger partial charge in [-0.3, -0.25) is 0 Å². The number of rotatable bonds is 4. The molecule has 2 aromatic rings. The van der Waals surface area contributed by atoms with Crippen LogP contribution in [0.4, 0.5) is 19.1 Å². The minimum absolute atomic E-state index is 0.0712. The lowest BCUT2D eigenvalue weighted by Crippen LogP contribution is -2.12. The van der Waals surface area contributed by atoms with E-state index in [1.165, 1.54) is 13.3 Å². The van der Waals surface area contributed by atoms with Crippen LogP contribution in [0.5, 0.6) is 5.88 Å². The molecule has 0 aliphatic heterocycles. The molecule has 2 heterocycles. The number of hydrogen-bond acceptors (Lipinski definition) is 5. The van der Waals surface area contributed by atoms with Crippen LogP contribution < -0.4 is 10.1 Å². The van der Waals surface area contributed by atoms with Gasteiger partial charge in [-0.15, -0.1) is 0 Å². The quantitative estimate of drug-likeness (QED) is 0.940. The Bertz CT molecular complexity index is 614. The molecule has 0 aliphatic carbocycles. The second kappa shape index (κ2) is 5.94. The number of hydrogen-bond donors (Lipinski definition) is 1. The van der Waals surface area contributed by atoms with Crippen molar-refractivity contribution < 1.29 is 17.9 Å². The smallest absolute Gasteiger partial charge is 0.433 e. The minimum atomic E-state index is -4.54. The summed E-state index contributed by atoms with van der Waals surface area (Å²) in [5.41, 5.74) is -0.412. The topological polar surface area (TPSA) is 59.9 Å². The SMILES string of the molecule is CCNc1nc(-c2ccc(OC)nc2)cc(C(F)(F)F)n1. The van der Waals surface area contributed by atoms with Crippen molar-refractivity contribution in [2.24, 2.45) is 0 Å². The molecule has 0 aromatic carbocycles. The number of nitrogens with one attached hydrogen (secondary N) is 1. The number of aromatic nitrogens is 3. The van der Waals surface area contributed by atoms with E-state index in [2.05, 4.69) is 20.3 Å². The van der Waals surface area contributed by atoms with E-state index in [4.69, 9.17) is 4.74 Å². The minimum Gasteiger partial charge on any atom is -0.481 e. The van der Waals surface area contributed by atoms with Gasteiger partial charge in [-0.2, -0.15) is 13.2 Å². The van der Waals surface area contributed by atoms with Crippen LogP contribution in [0, 0.1) is 0 Å². The summed E-state index contributed by atoms with van der Waals surface area (Å²) in [5, 5.41) is 2.69. The van der Waals surface area contributed by atoms with E-state index >= 15 is 0 Å². The van der Waals surface area contributed by atoms with Gasteiger partial charge in [-0.05, 0) is 19.1 Å². The Morgan fingerprint density at radius 1 is 1.24 bits per heavy atom. The molecule has 0 spiro atoms. The van der Waals surface area contributed by atoms with Crippen LogP contribution in [0.3, 0.4) is 0 Å². The van der Waals surface area contributed by atoms with Crippen LogP contribution in [0.1, 0.15) is 12.6 Å². The highest BCUT2D eigenvalue weighted by atomic mass is 19.4. The van der Waals surface area contributed by atoms with Crippen molar-refractivity contribution in [3.05, 3.63) is 30.1 Å². The maximum absolute atomic E-state index is 12.9. The van der Waals surface area contributed by atoms with E-state index < -0.39 is 11.9 Å². The van der Waals surface area contributed by atoms with E-state index in [1.807, 2.05) is 0 Å². The lowest BCUT2D eigenvalue weighted by Gasteiger charge is -2.11. The van der Waals surface area contributed by atoms with E-state index in [1.54, 1.807) is 19.1 Å². The van der Waals surface area contributed by atoms with Gasteiger partial charge in [0.1, 0.15) is 0 Å². The van der Waals surface area contributed by atoms with Gasteiger partial charge in [0.05, 0.1) is 12.8 Å². The zero-order chi connectivity index (χ0) is 15.5. The fourth-order valence-corrected chi connectivity index (χ4v) is 1.63. The standard InChI is InChI=1S/C13H13F3N4O/c1-3-17-12-19-9(6-10(20-12)13(14,15)16)8-4-5-11(21-2)18-7-8/h4-7H,3H2,1-2H3,(H,17,19,20). The lowest BCUT2D eigenvalue weighted by atomic mass is 10.2.